The predicted molar refractivity (Wildman–Crippen MR) is 59.4 cm³/mol. The van der Waals surface area contributed by atoms with Crippen LogP contribution in [0.15, 0.2) is 6.33 Å². The molecular formula is C9H16N4O3. The quantitative estimate of drug-likeness (QED) is 0.604. The van der Waals surface area contributed by atoms with E-state index in [2.05, 4.69) is 10.3 Å². The van der Waals surface area contributed by atoms with Crippen molar-refractivity contribution in [3.63, 3.8) is 0 Å². The summed E-state index contributed by atoms with van der Waals surface area (Å²) >= 11 is 0. The second-order valence-corrected chi connectivity index (χ2v) is 4.23. The molecule has 1 aromatic rings. The average molecular weight is 228 g/mol. The Labute approximate surface area is 93.6 Å². The van der Waals surface area contributed by atoms with E-state index in [0.717, 1.165) is 0 Å². The third kappa shape index (κ3) is 2.69. The lowest BCUT2D eigenvalue weighted by Gasteiger charge is -2.25. The highest BCUT2D eigenvalue weighted by Gasteiger charge is 2.26. The summed E-state index contributed by atoms with van der Waals surface area (Å²) in [6.07, 6.45) is 1.41. The molecule has 90 valence electrons. The van der Waals surface area contributed by atoms with Crippen LogP contribution in [-0.4, -0.2) is 33.7 Å². The molecular weight excluding hydrogens is 212 g/mol. The van der Waals surface area contributed by atoms with E-state index in [9.17, 15) is 10.1 Å². The van der Waals surface area contributed by atoms with Crippen molar-refractivity contribution in [2.45, 2.75) is 19.4 Å². The molecule has 0 aliphatic rings. The van der Waals surface area contributed by atoms with Crippen molar-refractivity contribution >= 4 is 11.6 Å². The number of nitrogens with one attached hydrogen (secondary N) is 1. The Morgan fingerprint density at radius 1 is 1.69 bits per heavy atom. The van der Waals surface area contributed by atoms with E-state index in [1.165, 1.54) is 6.33 Å². The van der Waals surface area contributed by atoms with Crippen LogP contribution in [-0.2, 0) is 11.8 Å². The van der Waals surface area contributed by atoms with Gasteiger partial charge in [-0.1, -0.05) is 0 Å². The van der Waals surface area contributed by atoms with Crippen molar-refractivity contribution in [3.05, 3.63) is 16.4 Å². The fourth-order valence-corrected chi connectivity index (χ4v) is 1.41. The Balaban J connectivity index is 2.95. The molecule has 1 aromatic heterocycles. The van der Waals surface area contributed by atoms with Crippen LogP contribution in [0.5, 0.6) is 0 Å². The number of aryl methyl sites for hydroxylation is 1. The molecule has 0 aliphatic heterocycles. The number of rotatable bonds is 5. The monoisotopic (exact) mass is 228 g/mol. The Bertz CT molecular complexity index is 386. The van der Waals surface area contributed by atoms with Crippen molar-refractivity contribution in [1.82, 2.24) is 9.55 Å². The largest absolute Gasteiger partial charge is 0.406 e. The minimum Gasteiger partial charge on any atom is -0.382 e. The van der Waals surface area contributed by atoms with E-state index in [4.69, 9.17) is 4.74 Å². The molecule has 0 radical (unpaired) electrons. The third-order valence-electron chi connectivity index (χ3n) is 2.05. The fraction of sp³-hybridized carbons (Fsp3) is 0.667. The van der Waals surface area contributed by atoms with Crippen LogP contribution >= 0.6 is 0 Å². The average Bonchev–Trinajstić information content (AvgIpc) is 2.47. The first-order valence-corrected chi connectivity index (χ1v) is 4.80. The lowest BCUT2D eigenvalue weighted by molar-refractivity contribution is -0.388. The lowest BCUT2D eigenvalue weighted by Crippen LogP contribution is -2.36. The zero-order valence-corrected chi connectivity index (χ0v) is 9.85. The summed E-state index contributed by atoms with van der Waals surface area (Å²) in [5, 5.41) is 13.8. The van der Waals surface area contributed by atoms with Gasteiger partial charge in [-0.2, -0.15) is 0 Å². The maximum atomic E-state index is 10.7. The Morgan fingerprint density at radius 3 is 2.81 bits per heavy atom. The van der Waals surface area contributed by atoms with Gasteiger partial charge in [0.1, 0.15) is 0 Å². The van der Waals surface area contributed by atoms with Crippen LogP contribution in [0.2, 0.25) is 0 Å². The van der Waals surface area contributed by atoms with Gasteiger partial charge >= 0.3 is 5.82 Å². The van der Waals surface area contributed by atoms with Crippen LogP contribution in [0.25, 0.3) is 0 Å². The summed E-state index contributed by atoms with van der Waals surface area (Å²) in [5.41, 5.74) is -0.396. The molecule has 0 bridgehead atoms. The molecule has 0 fully saturated rings. The molecule has 0 saturated carbocycles. The highest BCUT2D eigenvalue weighted by molar-refractivity contribution is 5.53. The minimum absolute atomic E-state index is 0.174. The first-order valence-electron chi connectivity index (χ1n) is 4.80. The molecule has 16 heavy (non-hydrogen) atoms. The van der Waals surface area contributed by atoms with Gasteiger partial charge in [0.05, 0.1) is 12.1 Å². The molecule has 0 spiro atoms. The molecule has 0 aromatic carbocycles. The van der Waals surface area contributed by atoms with E-state index in [0.29, 0.717) is 12.4 Å². The minimum atomic E-state index is -0.509. The van der Waals surface area contributed by atoms with Gasteiger partial charge in [-0.25, -0.2) is 0 Å². The van der Waals surface area contributed by atoms with E-state index in [1.54, 1.807) is 18.7 Å². The lowest BCUT2D eigenvalue weighted by atomic mass is 10.1. The van der Waals surface area contributed by atoms with Crippen LogP contribution in [0.1, 0.15) is 13.8 Å². The molecule has 7 heteroatoms. The number of nitrogens with zero attached hydrogens (tertiary/aromatic N) is 3. The SMILES string of the molecule is COCC(C)(C)Nc1c([N+](=O)[O-])ncn1C. The van der Waals surface area contributed by atoms with Crippen LogP contribution < -0.4 is 5.32 Å². The number of ether oxygens (including phenoxy) is 1. The van der Waals surface area contributed by atoms with E-state index < -0.39 is 10.5 Å². The number of methoxy groups -OCH3 is 1. The van der Waals surface area contributed by atoms with E-state index in [1.807, 2.05) is 13.8 Å². The van der Waals surface area contributed by atoms with E-state index in [-0.39, 0.29) is 5.82 Å². The number of hydrogen-bond donors (Lipinski definition) is 1. The smallest absolute Gasteiger partial charge is 0.382 e. The zero-order chi connectivity index (χ0) is 12.3. The van der Waals surface area contributed by atoms with Gasteiger partial charge in [-0.3, -0.25) is 4.57 Å². The zero-order valence-electron chi connectivity index (χ0n) is 9.85. The van der Waals surface area contributed by atoms with E-state index >= 15 is 0 Å². The van der Waals surface area contributed by atoms with Gasteiger partial charge in [-0.05, 0) is 23.8 Å². The summed E-state index contributed by atoms with van der Waals surface area (Å²) in [4.78, 5) is 13.9. The number of aromatic nitrogens is 2. The second kappa shape index (κ2) is 4.48. The summed E-state index contributed by atoms with van der Waals surface area (Å²) in [6.45, 7) is 4.23. The number of hydrogen-bond acceptors (Lipinski definition) is 5. The van der Waals surface area contributed by atoms with Gasteiger partial charge in [0, 0.05) is 14.2 Å². The first-order chi connectivity index (χ1) is 7.37. The molecule has 1 rings (SSSR count). The van der Waals surface area contributed by atoms with Crippen molar-refractivity contribution in [2.75, 3.05) is 19.0 Å². The second-order valence-electron chi connectivity index (χ2n) is 4.23. The van der Waals surface area contributed by atoms with Crippen molar-refractivity contribution in [1.29, 1.82) is 0 Å². The molecule has 0 unspecified atom stereocenters. The Hall–Kier alpha value is -1.63. The third-order valence-corrected chi connectivity index (χ3v) is 2.05. The number of nitro groups is 1. The summed E-state index contributed by atoms with van der Waals surface area (Å²) in [5.74, 6) is 0.207. The molecule has 0 atom stereocenters. The van der Waals surface area contributed by atoms with Gasteiger partial charge in [0.15, 0.2) is 0 Å². The van der Waals surface area contributed by atoms with Crippen molar-refractivity contribution < 1.29 is 9.66 Å². The van der Waals surface area contributed by atoms with Crippen LogP contribution in [0.4, 0.5) is 11.6 Å². The summed E-state index contributed by atoms with van der Waals surface area (Å²) in [7, 11) is 3.28. The topological polar surface area (TPSA) is 82.2 Å². The highest BCUT2D eigenvalue weighted by Crippen LogP contribution is 2.24. The van der Waals surface area contributed by atoms with Crippen molar-refractivity contribution in [3.8, 4) is 0 Å². The molecule has 0 aliphatic carbocycles. The normalized spacial score (nSPS) is 11.5. The van der Waals surface area contributed by atoms with Gasteiger partial charge < -0.3 is 20.2 Å². The number of imidazole rings is 1. The molecule has 7 nitrogen and oxygen atoms in total. The van der Waals surface area contributed by atoms with Gasteiger partial charge in [-0.15, -0.1) is 0 Å². The summed E-state index contributed by atoms with van der Waals surface area (Å²) in [6, 6.07) is 0. The molecule has 0 saturated heterocycles. The standard InChI is InChI=1S/C9H16N4O3/c1-9(2,5-16-4)11-8-7(13(14)15)10-6-12(8)3/h6,11H,5H2,1-4H3. The van der Waals surface area contributed by atoms with Gasteiger partial charge in [0.25, 0.3) is 0 Å². The molecule has 1 N–H and O–H groups in total. The molecule has 1 heterocycles. The number of anilines is 1. The Morgan fingerprint density at radius 2 is 2.31 bits per heavy atom. The summed E-state index contributed by atoms with van der Waals surface area (Å²) < 4.78 is 6.61. The maximum Gasteiger partial charge on any atom is 0.406 e. The maximum absolute atomic E-state index is 10.7. The predicted octanol–water partition coefficient (Wildman–Crippen LogP) is 1.17. The van der Waals surface area contributed by atoms with Crippen molar-refractivity contribution in [2.24, 2.45) is 7.05 Å². The van der Waals surface area contributed by atoms with Crippen LogP contribution in [0, 0.1) is 10.1 Å². The Kier molecular flexibility index (Phi) is 3.48. The highest BCUT2D eigenvalue weighted by atomic mass is 16.6. The van der Waals surface area contributed by atoms with Gasteiger partial charge in [0.2, 0.25) is 12.1 Å². The van der Waals surface area contributed by atoms with Crippen LogP contribution in [0.3, 0.4) is 0 Å². The first kappa shape index (κ1) is 12.4. The molecule has 0 amide bonds. The fourth-order valence-electron chi connectivity index (χ4n) is 1.41.